The van der Waals surface area contributed by atoms with Crippen LogP contribution in [0.15, 0.2) is 54.6 Å². The number of halogens is 2. The van der Waals surface area contributed by atoms with Gasteiger partial charge in [-0.25, -0.2) is 8.78 Å². The molecular weight excluding hydrogens is 268 g/mol. The molecule has 4 nitrogen and oxygen atoms in total. The van der Waals surface area contributed by atoms with Gasteiger partial charge in [0.05, 0.1) is 13.1 Å². The van der Waals surface area contributed by atoms with Crippen LogP contribution in [0.5, 0.6) is 5.75 Å². The van der Waals surface area contributed by atoms with E-state index < -0.39 is 23.9 Å². The number of hydrogen-bond acceptors (Lipinski definition) is 4. The lowest BCUT2D eigenvalue weighted by Gasteiger charge is -2.17. The molecule has 0 spiro atoms. The largest absolute Gasteiger partial charge is 0.508 e. The number of allylic oxidation sites excluding steroid dienone is 2. The maximum Gasteiger partial charge on any atom is 0.131 e. The molecule has 1 aromatic carbocycles. The fourth-order valence-corrected chi connectivity index (χ4v) is 1.55. The highest BCUT2D eigenvalue weighted by Gasteiger charge is 2.16. The second-order valence-electron chi connectivity index (χ2n) is 4.04. The Morgan fingerprint density at radius 3 is 2.55 bits per heavy atom. The summed E-state index contributed by atoms with van der Waals surface area (Å²) in [7, 11) is 0. The average molecular weight is 283 g/mol. The highest BCUT2D eigenvalue weighted by molar-refractivity contribution is 5.34. The molecule has 0 atom stereocenters. The first-order chi connectivity index (χ1) is 9.36. The molecule has 1 rings (SSSR count). The molecule has 0 saturated carbocycles. The maximum absolute atomic E-state index is 13.5. The summed E-state index contributed by atoms with van der Waals surface area (Å²) in [6.45, 7) is 5.53. The number of aromatic hydroxyl groups is 1. The molecule has 0 aliphatic carbocycles. The molecule has 0 fully saturated rings. The monoisotopic (exact) mass is 283 g/mol. The molecule has 0 bridgehead atoms. The molecule has 108 valence electrons. The Bertz CT molecular complexity index is 535. The van der Waals surface area contributed by atoms with E-state index in [1.165, 1.54) is 12.1 Å². The SMILES string of the molecule is C=C/C(F)=C(/CN(O)Cc1c(O)cccc1F)C(=C)O. The molecular formula is C14H15F2NO3. The van der Waals surface area contributed by atoms with Crippen LogP contribution in [0.4, 0.5) is 8.78 Å². The van der Waals surface area contributed by atoms with Crippen LogP contribution in [-0.4, -0.2) is 27.0 Å². The summed E-state index contributed by atoms with van der Waals surface area (Å²) in [6, 6.07) is 3.70. The molecule has 0 heterocycles. The number of rotatable bonds is 6. The Balaban J connectivity index is 2.90. The third kappa shape index (κ3) is 3.91. The van der Waals surface area contributed by atoms with Gasteiger partial charge in [0.25, 0.3) is 0 Å². The van der Waals surface area contributed by atoms with Crippen molar-refractivity contribution in [3.8, 4) is 5.75 Å². The van der Waals surface area contributed by atoms with Crippen LogP contribution in [0.25, 0.3) is 0 Å². The Morgan fingerprint density at radius 1 is 1.40 bits per heavy atom. The van der Waals surface area contributed by atoms with Crippen LogP contribution in [0.3, 0.4) is 0 Å². The lowest BCUT2D eigenvalue weighted by Crippen LogP contribution is -2.23. The van der Waals surface area contributed by atoms with Crippen molar-refractivity contribution >= 4 is 0 Å². The molecule has 0 aliphatic heterocycles. The molecule has 0 unspecified atom stereocenters. The van der Waals surface area contributed by atoms with Crippen molar-refractivity contribution in [3.05, 3.63) is 66.0 Å². The number of hydrogen-bond donors (Lipinski definition) is 3. The fraction of sp³-hybridized carbons (Fsp3) is 0.143. The van der Waals surface area contributed by atoms with E-state index in [-0.39, 0.29) is 23.4 Å². The van der Waals surface area contributed by atoms with Crippen LogP contribution in [0, 0.1) is 5.82 Å². The van der Waals surface area contributed by atoms with Crippen LogP contribution in [0.2, 0.25) is 0 Å². The van der Waals surface area contributed by atoms with Gasteiger partial charge < -0.3 is 15.4 Å². The first-order valence-corrected chi connectivity index (χ1v) is 5.66. The number of phenols is 1. The van der Waals surface area contributed by atoms with E-state index in [2.05, 4.69) is 13.2 Å². The fourth-order valence-electron chi connectivity index (χ4n) is 1.55. The Kier molecular flexibility index (Phi) is 5.42. The van der Waals surface area contributed by atoms with Gasteiger partial charge in [-0.05, 0) is 18.2 Å². The van der Waals surface area contributed by atoms with Crippen LogP contribution in [0.1, 0.15) is 5.56 Å². The molecule has 0 amide bonds. The van der Waals surface area contributed by atoms with E-state index in [1.54, 1.807) is 0 Å². The number of phenolic OH excluding ortho intramolecular Hbond substituents is 1. The minimum atomic E-state index is -0.852. The van der Waals surface area contributed by atoms with E-state index in [4.69, 9.17) is 0 Å². The third-order valence-corrected chi connectivity index (χ3v) is 2.59. The molecule has 6 heteroatoms. The van der Waals surface area contributed by atoms with Crippen molar-refractivity contribution in [2.75, 3.05) is 6.54 Å². The zero-order valence-electron chi connectivity index (χ0n) is 10.7. The number of aliphatic hydroxyl groups is 1. The summed E-state index contributed by atoms with van der Waals surface area (Å²) in [5.74, 6) is -2.46. The predicted octanol–water partition coefficient (Wildman–Crippen LogP) is 3.20. The van der Waals surface area contributed by atoms with Crippen molar-refractivity contribution in [1.29, 1.82) is 0 Å². The standard InChI is InChI=1S/C14H15F2NO3/c1-3-12(15)10(9(2)18)7-17(20)8-11-13(16)5-4-6-14(11)19/h3-6,18-20H,1-2,7-8H2/b12-10+. The first-order valence-electron chi connectivity index (χ1n) is 5.66. The molecule has 3 N–H and O–H groups in total. The summed E-state index contributed by atoms with van der Waals surface area (Å²) < 4.78 is 26.8. The summed E-state index contributed by atoms with van der Waals surface area (Å²) in [5, 5.41) is 29.0. The summed E-state index contributed by atoms with van der Waals surface area (Å²) >= 11 is 0. The highest BCUT2D eigenvalue weighted by atomic mass is 19.1. The van der Waals surface area contributed by atoms with Gasteiger partial charge >= 0.3 is 0 Å². The van der Waals surface area contributed by atoms with E-state index in [0.29, 0.717) is 5.06 Å². The molecule has 0 aromatic heterocycles. The summed E-state index contributed by atoms with van der Waals surface area (Å²) in [4.78, 5) is 0. The van der Waals surface area contributed by atoms with E-state index in [9.17, 15) is 24.2 Å². The zero-order chi connectivity index (χ0) is 15.3. The summed E-state index contributed by atoms with van der Waals surface area (Å²) in [6.07, 6.45) is 0.852. The van der Waals surface area contributed by atoms with Gasteiger partial charge in [-0.15, -0.1) is 0 Å². The summed E-state index contributed by atoms with van der Waals surface area (Å²) in [5.41, 5.74) is -0.421. The Morgan fingerprint density at radius 2 is 2.05 bits per heavy atom. The van der Waals surface area contributed by atoms with Gasteiger partial charge in [0.15, 0.2) is 0 Å². The van der Waals surface area contributed by atoms with Crippen LogP contribution in [-0.2, 0) is 6.54 Å². The molecule has 1 aromatic rings. The quantitative estimate of drug-likeness (QED) is 0.426. The lowest BCUT2D eigenvalue weighted by molar-refractivity contribution is -0.0925. The van der Waals surface area contributed by atoms with Crippen molar-refractivity contribution in [1.82, 2.24) is 5.06 Å². The molecule has 20 heavy (non-hydrogen) atoms. The van der Waals surface area contributed by atoms with E-state index in [1.807, 2.05) is 0 Å². The maximum atomic E-state index is 13.5. The molecule has 0 aliphatic rings. The third-order valence-electron chi connectivity index (χ3n) is 2.59. The minimum absolute atomic E-state index is 0.142. The van der Waals surface area contributed by atoms with Crippen molar-refractivity contribution in [3.63, 3.8) is 0 Å². The van der Waals surface area contributed by atoms with Gasteiger partial charge in [-0.1, -0.05) is 19.2 Å². The highest BCUT2D eigenvalue weighted by Crippen LogP contribution is 2.22. The Hall–Kier alpha value is -2.18. The van der Waals surface area contributed by atoms with Crippen molar-refractivity contribution < 1.29 is 24.2 Å². The van der Waals surface area contributed by atoms with Crippen molar-refractivity contribution in [2.45, 2.75) is 6.54 Å². The first kappa shape index (κ1) is 15.9. The lowest BCUT2D eigenvalue weighted by atomic mass is 10.1. The minimum Gasteiger partial charge on any atom is -0.508 e. The number of nitrogens with zero attached hydrogens (tertiary/aromatic N) is 1. The smallest absolute Gasteiger partial charge is 0.131 e. The molecule has 0 saturated heterocycles. The average Bonchev–Trinajstić information content (AvgIpc) is 2.39. The second-order valence-corrected chi connectivity index (χ2v) is 4.04. The predicted molar refractivity (Wildman–Crippen MR) is 70.4 cm³/mol. The van der Waals surface area contributed by atoms with Gasteiger partial charge in [0.2, 0.25) is 0 Å². The van der Waals surface area contributed by atoms with Gasteiger partial charge in [-0.3, -0.25) is 0 Å². The second kappa shape index (κ2) is 6.83. The number of aliphatic hydroxyl groups excluding tert-OH is 1. The van der Waals surface area contributed by atoms with Gasteiger partial charge in [0.1, 0.15) is 23.2 Å². The normalized spacial score (nSPS) is 12.2. The topological polar surface area (TPSA) is 63.9 Å². The Labute approximate surface area is 115 Å². The van der Waals surface area contributed by atoms with Crippen molar-refractivity contribution in [2.24, 2.45) is 0 Å². The zero-order valence-corrected chi connectivity index (χ0v) is 10.7. The van der Waals surface area contributed by atoms with Crippen LogP contribution >= 0.6 is 0 Å². The van der Waals surface area contributed by atoms with E-state index >= 15 is 0 Å². The number of hydroxylamine groups is 2. The number of benzene rings is 1. The van der Waals surface area contributed by atoms with Gasteiger partial charge in [0, 0.05) is 11.1 Å². The molecule has 0 radical (unpaired) electrons. The van der Waals surface area contributed by atoms with Crippen LogP contribution < -0.4 is 0 Å². The van der Waals surface area contributed by atoms with E-state index in [0.717, 1.165) is 12.1 Å². The van der Waals surface area contributed by atoms with Gasteiger partial charge in [-0.2, -0.15) is 5.06 Å².